The first-order valence-electron chi connectivity index (χ1n) is 23.1. The lowest BCUT2D eigenvalue weighted by atomic mass is 9.88. The Morgan fingerprint density at radius 3 is 2.11 bits per heavy atom. The number of likely N-dealkylation sites (N-methyl/N-ethyl adjacent to an activating group) is 1. The van der Waals surface area contributed by atoms with Crippen molar-refractivity contribution in [2.24, 2.45) is 17.8 Å². The van der Waals surface area contributed by atoms with E-state index in [9.17, 15) is 38.7 Å². The van der Waals surface area contributed by atoms with Crippen molar-refractivity contribution in [3.05, 3.63) is 48.0 Å². The molecule has 64 heavy (non-hydrogen) atoms. The third-order valence-corrected chi connectivity index (χ3v) is 13.3. The number of nitrogens with one attached hydrogen (secondary N) is 3. The van der Waals surface area contributed by atoms with E-state index in [-0.39, 0.29) is 72.7 Å². The molecule has 0 spiro atoms. The van der Waals surface area contributed by atoms with E-state index in [1.54, 1.807) is 70.9 Å². The molecule has 2 fully saturated rings. The number of aliphatic hydroxyl groups is 1. The quantitative estimate of drug-likeness (QED) is 0.0873. The Labute approximate surface area is 379 Å². The van der Waals surface area contributed by atoms with Gasteiger partial charge in [-0.05, 0) is 76.7 Å². The van der Waals surface area contributed by atoms with Gasteiger partial charge < -0.3 is 40.3 Å². The smallest absolute Gasteiger partial charge is 0.253 e. The summed E-state index contributed by atoms with van der Waals surface area (Å²) >= 11 is 0. The van der Waals surface area contributed by atoms with Crippen molar-refractivity contribution in [1.82, 2.24) is 30.7 Å². The first-order valence-corrected chi connectivity index (χ1v) is 23.1. The molecule has 0 bridgehead atoms. The molecule has 1 aliphatic carbocycles. The number of rotatable bonds is 24. The van der Waals surface area contributed by atoms with Crippen LogP contribution in [0.2, 0.25) is 0 Å². The minimum absolute atomic E-state index is 0.00736. The maximum Gasteiger partial charge on any atom is 0.253 e. The predicted molar refractivity (Wildman–Crippen MR) is 241 cm³/mol. The van der Waals surface area contributed by atoms with Crippen LogP contribution in [0.25, 0.3) is 0 Å². The summed E-state index contributed by atoms with van der Waals surface area (Å²) in [7, 11) is 4.80. The van der Waals surface area contributed by atoms with E-state index in [1.807, 2.05) is 32.0 Å². The fraction of sp³-hybridized carbons (Fsp3) is 0.688. The Morgan fingerprint density at radius 2 is 1.52 bits per heavy atom. The minimum atomic E-state index is -1.35. The van der Waals surface area contributed by atoms with Gasteiger partial charge >= 0.3 is 0 Å². The fourth-order valence-electron chi connectivity index (χ4n) is 9.52. The molecule has 356 valence electrons. The third kappa shape index (κ3) is 13.4. The Bertz CT molecular complexity index is 1780. The normalized spacial score (nSPS) is 20.1. The van der Waals surface area contributed by atoms with Gasteiger partial charge in [0.2, 0.25) is 29.5 Å². The van der Waals surface area contributed by atoms with E-state index in [0.717, 1.165) is 32.1 Å². The predicted octanol–water partition coefficient (Wildman–Crippen LogP) is 3.81. The third-order valence-electron chi connectivity index (χ3n) is 13.3. The number of methoxy groups -OCH3 is 2. The summed E-state index contributed by atoms with van der Waals surface area (Å²) in [4.78, 5) is 97.4. The van der Waals surface area contributed by atoms with Gasteiger partial charge in [0, 0.05) is 52.9 Å². The molecule has 16 nitrogen and oxygen atoms in total. The molecule has 1 aromatic rings. The van der Waals surface area contributed by atoms with Crippen molar-refractivity contribution in [1.29, 1.82) is 0 Å². The zero-order valence-corrected chi connectivity index (χ0v) is 39.5. The Hall–Kier alpha value is -4.67. The second kappa shape index (κ2) is 24.0. The lowest BCUT2D eigenvalue weighted by Gasteiger charge is -2.41. The summed E-state index contributed by atoms with van der Waals surface area (Å²) < 4.78 is 12.1. The molecule has 16 heteroatoms. The highest BCUT2D eigenvalue weighted by atomic mass is 16.5. The number of benzene rings is 1. The van der Waals surface area contributed by atoms with Gasteiger partial charge in [-0.25, -0.2) is 0 Å². The summed E-state index contributed by atoms with van der Waals surface area (Å²) in [6, 6.07) is 6.77. The summed E-state index contributed by atoms with van der Waals surface area (Å²) in [6.45, 7) is 11.1. The van der Waals surface area contributed by atoms with Gasteiger partial charge in [-0.2, -0.15) is 0 Å². The van der Waals surface area contributed by atoms with Crippen molar-refractivity contribution in [3.8, 4) is 0 Å². The summed E-state index contributed by atoms with van der Waals surface area (Å²) in [5.41, 5.74) is -0.654. The van der Waals surface area contributed by atoms with Crippen molar-refractivity contribution in [2.45, 2.75) is 160 Å². The van der Waals surface area contributed by atoms with Gasteiger partial charge in [0.05, 0.1) is 48.8 Å². The van der Waals surface area contributed by atoms with Gasteiger partial charge in [0.25, 0.3) is 11.8 Å². The van der Waals surface area contributed by atoms with E-state index in [2.05, 4.69) is 16.0 Å². The molecule has 7 amide bonds. The molecule has 1 aromatic carbocycles. The van der Waals surface area contributed by atoms with Gasteiger partial charge in [-0.15, -0.1) is 0 Å². The highest BCUT2D eigenvalue weighted by Gasteiger charge is 2.45. The second-order valence-electron chi connectivity index (χ2n) is 18.7. The monoisotopic (exact) mass is 895 g/mol. The number of ether oxygens (including phenoxy) is 2. The minimum Gasteiger partial charge on any atom is -0.386 e. The summed E-state index contributed by atoms with van der Waals surface area (Å²) in [5.74, 6) is -3.22. The Balaban J connectivity index is 1.39. The highest BCUT2D eigenvalue weighted by Crippen LogP contribution is 2.35. The van der Waals surface area contributed by atoms with Crippen LogP contribution in [0.5, 0.6) is 0 Å². The number of nitrogens with zero attached hydrogens (tertiary/aromatic N) is 3. The molecule has 1 saturated carbocycles. The molecule has 4 rings (SSSR count). The van der Waals surface area contributed by atoms with Crippen LogP contribution in [-0.4, -0.2) is 137 Å². The van der Waals surface area contributed by atoms with Crippen molar-refractivity contribution >= 4 is 41.4 Å². The van der Waals surface area contributed by atoms with E-state index in [1.165, 1.54) is 17.1 Å². The van der Waals surface area contributed by atoms with E-state index < -0.39 is 53.8 Å². The van der Waals surface area contributed by atoms with Crippen LogP contribution >= 0.6 is 0 Å². The molecule has 2 aliphatic heterocycles. The van der Waals surface area contributed by atoms with E-state index in [0.29, 0.717) is 37.8 Å². The van der Waals surface area contributed by atoms with E-state index >= 15 is 0 Å². The van der Waals surface area contributed by atoms with Gasteiger partial charge in [0.1, 0.15) is 11.6 Å². The number of carbonyl (C=O) groups excluding carboxylic acids is 7. The average Bonchev–Trinajstić information content (AvgIpc) is 4.05. The molecule has 0 unspecified atom stereocenters. The number of aliphatic hydroxyl groups excluding tert-OH is 1. The van der Waals surface area contributed by atoms with Crippen molar-refractivity contribution < 1.29 is 48.1 Å². The average molecular weight is 895 g/mol. The molecule has 2 heterocycles. The number of amides is 7. The molecule has 0 radical (unpaired) electrons. The number of hydrogen-bond donors (Lipinski definition) is 4. The topological polar surface area (TPSA) is 204 Å². The highest BCUT2D eigenvalue weighted by molar-refractivity contribution is 6.12. The van der Waals surface area contributed by atoms with Crippen LogP contribution in [0.15, 0.2) is 42.5 Å². The summed E-state index contributed by atoms with van der Waals surface area (Å²) in [6.07, 6.45) is 7.12. The van der Waals surface area contributed by atoms with Gasteiger partial charge in [-0.1, -0.05) is 70.4 Å². The second-order valence-corrected chi connectivity index (χ2v) is 18.7. The number of carbonyl (C=O) groups is 7. The van der Waals surface area contributed by atoms with Crippen LogP contribution in [-0.2, 0) is 43.0 Å². The molecule has 3 aliphatic rings. The number of unbranched alkanes of at least 4 members (excludes halogenated alkanes) is 2. The molecule has 1 saturated heterocycles. The molecule has 4 N–H and O–H groups in total. The largest absolute Gasteiger partial charge is 0.386 e. The lowest BCUT2D eigenvalue weighted by Crippen LogP contribution is -2.62. The molecular formula is C48H74N6O10. The fourth-order valence-corrected chi connectivity index (χ4v) is 9.52. The van der Waals surface area contributed by atoms with Crippen LogP contribution in [0.4, 0.5) is 0 Å². The van der Waals surface area contributed by atoms with Crippen molar-refractivity contribution in [3.63, 3.8) is 0 Å². The van der Waals surface area contributed by atoms with Gasteiger partial charge in [0.15, 0.2) is 0 Å². The first-order chi connectivity index (χ1) is 30.3. The van der Waals surface area contributed by atoms with Crippen LogP contribution in [0, 0.1) is 17.8 Å². The first kappa shape index (κ1) is 52.0. The Kier molecular flexibility index (Phi) is 19.5. The number of imide groups is 1. The van der Waals surface area contributed by atoms with E-state index in [4.69, 9.17) is 9.47 Å². The maximum atomic E-state index is 14.5. The van der Waals surface area contributed by atoms with Crippen molar-refractivity contribution in [2.75, 3.05) is 34.4 Å². The SMILES string of the molecule is CO[C@H]([C@@H](C)C(=O)N[C@H](C)[C@@H](O)c1ccccc1)[C@@H]1CCCN1C(=O)C[C@@H](OC)[C@H](C1CCCC1)N(C)C(=O)[C@@H](NC(=O)C(C)(C)NC(=O)CCCCCN1C(=O)C=CC1=O)C(C)C. The van der Waals surface area contributed by atoms with Crippen LogP contribution < -0.4 is 16.0 Å². The zero-order chi connectivity index (χ0) is 47.3. The Morgan fingerprint density at radius 1 is 0.875 bits per heavy atom. The zero-order valence-electron chi connectivity index (χ0n) is 39.5. The number of likely N-dealkylation sites (tertiary alicyclic amines) is 1. The lowest BCUT2D eigenvalue weighted by molar-refractivity contribution is -0.148. The summed E-state index contributed by atoms with van der Waals surface area (Å²) in [5, 5.41) is 19.6. The maximum absolute atomic E-state index is 14.5. The number of hydrogen-bond acceptors (Lipinski definition) is 10. The van der Waals surface area contributed by atoms with Crippen LogP contribution in [0.1, 0.15) is 124 Å². The standard InChI is InChI=1S/C48H74N6O10/c1-30(2)41(50-47(62)48(5,6)51-37(55)24-14-11-17-27-54-38(56)25-26-39(54)57)46(61)52(7)42(33-19-15-16-20-33)36(63-8)29-40(58)53-28-18-23-35(53)44(64-9)31(3)45(60)49-32(4)43(59)34-21-12-10-13-22-34/h10,12-13,21-22,25-26,30-33,35-36,41-44,59H,11,14-20,23-24,27-29H2,1-9H3,(H,49,60)(H,50,62)(H,51,55)/t31-,32-,35+,36-,41+,42+,43-,44-/m1/s1. The molecule has 0 aromatic heterocycles. The van der Waals surface area contributed by atoms with Crippen LogP contribution in [0.3, 0.4) is 0 Å². The van der Waals surface area contributed by atoms with Gasteiger partial charge in [-0.3, -0.25) is 38.5 Å². The molecular weight excluding hydrogens is 821 g/mol. The molecule has 8 atom stereocenters.